The van der Waals surface area contributed by atoms with Crippen LogP contribution in [0.1, 0.15) is 5.56 Å². The number of pyridine rings is 1. The van der Waals surface area contributed by atoms with Gasteiger partial charge >= 0.3 is 0 Å². The molecule has 1 aromatic heterocycles. The van der Waals surface area contributed by atoms with Gasteiger partial charge in [0.15, 0.2) is 0 Å². The molecule has 4 heteroatoms. The first-order valence-electron chi connectivity index (χ1n) is 6.22. The molecule has 0 fully saturated rings. The highest BCUT2D eigenvalue weighted by atomic mass is 32.2. The van der Waals surface area contributed by atoms with E-state index in [1.807, 2.05) is 24.3 Å². The van der Waals surface area contributed by atoms with E-state index in [4.69, 9.17) is 5.26 Å². The molecule has 0 spiro atoms. The van der Waals surface area contributed by atoms with Crippen LogP contribution in [0, 0.1) is 11.3 Å². The summed E-state index contributed by atoms with van der Waals surface area (Å²) < 4.78 is 3.37. The minimum Gasteiger partial charge on any atom is -0.323 e. The van der Waals surface area contributed by atoms with Crippen LogP contribution in [0.3, 0.4) is 0 Å². The molecule has 20 heavy (non-hydrogen) atoms. The van der Waals surface area contributed by atoms with E-state index < -0.39 is 0 Å². The van der Waals surface area contributed by atoms with E-state index in [-0.39, 0.29) is 0 Å². The smallest absolute Gasteiger partial charge is 0.0991 e. The molecule has 2 heterocycles. The van der Waals surface area contributed by atoms with Crippen LogP contribution >= 0.6 is 11.9 Å². The Morgan fingerprint density at radius 3 is 2.95 bits per heavy atom. The molecule has 0 bridgehead atoms. The molecule has 0 saturated carbocycles. The van der Waals surface area contributed by atoms with Crippen molar-refractivity contribution < 1.29 is 0 Å². The lowest BCUT2D eigenvalue weighted by Crippen LogP contribution is -2.00. The second kappa shape index (κ2) is 4.26. The van der Waals surface area contributed by atoms with Crippen LogP contribution < -0.4 is 4.72 Å². The Balaban J connectivity index is 2.05. The molecule has 0 unspecified atom stereocenters. The van der Waals surface area contributed by atoms with Gasteiger partial charge in [0.2, 0.25) is 0 Å². The lowest BCUT2D eigenvalue weighted by Gasteiger charge is -2.21. The van der Waals surface area contributed by atoms with Gasteiger partial charge in [0.25, 0.3) is 0 Å². The number of hydrogen-bond donors (Lipinski definition) is 1. The van der Waals surface area contributed by atoms with Crippen molar-refractivity contribution in [3.63, 3.8) is 0 Å². The van der Waals surface area contributed by atoms with Gasteiger partial charge in [-0.3, -0.25) is 4.98 Å². The third-order valence-electron chi connectivity index (χ3n) is 3.44. The molecule has 94 valence electrons. The molecular weight excluding hydrogens is 266 g/mol. The highest BCUT2D eigenvalue weighted by Crippen LogP contribution is 2.44. The van der Waals surface area contributed by atoms with Crippen molar-refractivity contribution in [3.05, 3.63) is 54.2 Å². The third-order valence-corrected chi connectivity index (χ3v) is 4.32. The second-order valence-electron chi connectivity index (χ2n) is 4.59. The summed E-state index contributed by atoms with van der Waals surface area (Å²) in [6.45, 7) is 0. The molecule has 0 aliphatic carbocycles. The first kappa shape index (κ1) is 11.3. The Morgan fingerprint density at radius 1 is 1.10 bits per heavy atom. The standard InChI is InChI=1S/C16H9N3S/c17-9-10-3-6-14-13(8-10)12-5-4-11-2-1-7-18-15(11)16(12)19-20-14/h1-8,19H. The molecule has 0 amide bonds. The van der Waals surface area contributed by atoms with Crippen molar-refractivity contribution in [3.8, 4) is 17.2 Å². The Bertz CT molecular complexity index is 881. The average molecular weight is 275 g/mol. The molecule has 0 radical (unpaired) electrons. The predicted molar refractivity (Wildman–Crippen MR) is 81.4 cm³/mol. The fourth-order valence-electron chi connectivity index (χ4n) is 2.48. The van der Waals surface area contributed by atoms with Crippen LogP contribution in [0.5, 0.6) is 0 Å². The summed E-state index contributed by atoms with van der Waals surface area (Å²) in [5, 5.41) is 10.2. The van der Waals surface area contributed by atoms with Crippen LogP contribution in [0.15, 0.2) is 53.6 Å². The zero-order valence-electron chi connectivity index (χ0n) is 10.4. The van der Waals surface area contributed by atoms with Crippen molar-refractivity contribution in [2.75, 3.05) is 4.72 Å². The van der Waals surface area contributed by atoms with E-state index in [0.29, 0.717) is 5.56 Å². The maximum Gasteiger partial charge on any atom is 0.0991 e. The van der Waals surface area contributed by atoms with E-state index in [2.05, 4.69) is 34.0 Å². The number of fused-ring (bicyclic) bond motifs is 5. The molecule has 0 atom stereocenters. The summed E-state index contributed by atoms with van der Waals surface area (Å²) in [7, 11) is 0. The largest absolute Gasteiger partial charge is 0.323 e. The number of anilines is 1. The van der Waals surface area contributed by atoms with Gasteiger partial charge in [0.05, 0.1) is 22.8 Å². The molecule has 1 aliphatic rings. The highest BCUT2D eigenvalue weighted by Gasteiger charge is 2.19. The van der Waals surface area contributed by atoms with Gasteiger partial charge in [0.1, 0.15) is 0 Å². The van der Waals surface area contributed by atoms with E-state index in [9.17, 15) is 0 Å². The Morgan fingerprint density at radius 2 is 2.05 bits per heavy atom. The summed E-state index contributed by atoms with van der Waals surface area (Å²) in [4.78, 5) is 5.60. The predicted octanol–water partition coefficient (Wildman–Crippen LogP) is 4.21. The van der Waals surface area contributed by atoms with E-state index in [1.54, 1.807) is 18.1 Å². The number of nitriles is 1. The fourth-order valence-corrected chi connectivity index (χ4v) is 3.31. The number of hydrogen-bond acceptors (Lipinski definition) is 4. The molecule has 1 N–H and O–H groups in total. The zero-order valence-corrected chi connectivity index (χ0v) is 11.2. The summed E-state index contributed by atoms with van der Waals surface area (Å²) in [5.41, 5.74) is 4.86. The van der Waals surface area contributed by atoms with Crippen molar-refractivity contribution in [1.82, 2.24) is 4.98 Å². The quantitative estimate of drug-likeness (QED) is 0.624. The van der Waals surface area contributed by atoms with Gasteiger partial charge in [-0.25, -0.2) is 0 Å². The molecule has 3 aromatic rings. The monoisotopic (exact) mass is 275 g/mol. The number of nitrogens with zero attached hydrogens (tertiary/aromatic N) is 2. The normalized spacial score (nSPS) is 12.2. The minimum absolute atomic E-state index is 0.679. The summed E-state index contributed by atoms with van der Waals surface area (Å²) in [6.07, 6.45) is 1.80. The Hall–Kier alpha value is -2.51. The van der Waals surface area contributed by atoms with Crippen LogP contribution in [0.25, 0.3) is 22.0 Å². The van der Waals surface area contributed by atoms with Gasteiger partial charge in [-0.15, -0.1) is 0 Å². The van der Waals surface area contributed by atoms with Crippen molar-refractivity contribution in [2.45, 2.75) is 4.90 Å². The Labute approximate surface area is 120 Å². The fraction of sp³-hybridized carbons (Fsp3) is 0. The van der Waals surface area contributed by atoms with Crippen LogP contribution in [-0.4, -0.2) is 4.98 Å². The molecule has 2 aromatic carbocycles. The summed E-state index contributed by atoms with van der Waals surface area (Å²) >= 11 is 1.57. The van der Waals surface area contributed by atoms with Gasteiger partial charge < -0.3 is 4.72 Å². The highest BCUT2D eigenvalue weighted by molar-refractivity contribution is 8.00. The number of aromatic nitrogens is 1. The number of rotatable bonds is 0. The molecule has 0 saturated heterocycles. The first-order valence-corrected chi connectivity index (χ1v) is 7.03. The summed E-state index contributed by atoms with van der Waals surface area (Å²) in [6, 6.07) is 16.1. The van der Waals surface area contributed by atoms with E-state index in [1.165, 1.54) is 0 Å². The van der Waals surface area contributed by atoms with Crippen molar-refractivity contribution >= 4 is 28.5 Å². The SMILES string of the molecule is N#Cc1ccc2c(c1)-c1ccc3cccnc3c1NS2. The van der Waals surface area contributed by atoms with Crippen LogP contribution in [0.4, 0.5) is 5.69 Å². The topological polar surface area (TPSA) is 48.7 Å². The second-order valence-corrected chi connectivity index (χ2v) is 5.44. The molecule has 3 nitrogen and oxygen atoms in total. The summed E-state index contributed by atoms with van der Waals surface area (Å²) in [5.74, 6) is 0. The maximum absolute atomic E-state index is 9.07. The van der Waals surface area contributed by atoms with Gasteiger partial charge in [-0.2, -0.15) is 5.26 Å². The van der Waals surface area contributed by atoms with Crippen molar-refractivity contribution in [2.24, 2.45) is 0 Å². The first-order chi connectivity index (χ1) is 9.86. The lowest BCUT2D eigenvalue weighted by molar-refractivity contribution is 1.38. The number of benzene rings is 2. The minimum atomic E-state index is 0.679. The van der Waals surface area contributed by atoms with Crippen LogP contribution in [0.2, 0.25) is 0 Å². The Kier molecular flexibility index (Phi) is 2.41. The molecular formula is C16H9N3S. The van der Waals surface area contributed by atoms with E-state index in [0.717, 1.165) is 32.6 Å². The maximum atomic E-state index is 9.07. The zero-order chi connectivity index (χ0) is 13.5. The molecule has 4 rings (SSSR count). The van der Waals surface area contributed by atoms with Gasteiger partial charge in [0, 0.05) is 27.6 Å². The number of nitrogens with one attached hydrogen (secondary N) is 1. The molecule has 1 aliphatic heterocycles. The lowest BCUT2D eigenvalue weighted by atomic mass is 9.99. The van der Waals surface area contributed by atoms with Gasteiger partial charge in [-0.1, -0.05) is 18.2 Å². The van der Waals surface area contributed by atoms with Crippen LogP contribution in [-0.2, 0) is 0 Å². The third kappa shape index (κ3) is 1.57. The van der Waals surface area contributed by atoms with E-state index >= 15 is 0 Å². The van der Waals surface area contributed by atoms with Crippen molar-refractivity contribution in [1.29, 1.82) is 5.26 Å². The average Bonchev–Trinajstić information content (AvgIpc) is 2.53. The van der Waals surface area contributed by atoms with Gasteiger partial charge in [-0.05, 0) is 36.2 Å².